The molecule has 0 aromatic rings. The minimum absolute atomic E-state index is 0.402. The second-order valence-corrected chi connectivity index (χ2v) is 4.77. The van der Waals surface area contributed by atoms with Gasteiger partial charge in [-0.15, -0.1) is 0 Å². The molecule has 15 heavy (non-hydrogen) atoms. The average Bonchev–Trinajstić information content (AvgIpc) is 2.06. The molecular formula is C11H20O4. The van der Waals surface area contributed by atoms with Gasteiger partial charge in [0.15, 0.2) is 5.79 Å². The van der Waals surface area contributed by atoms with E-state index in [0.717, 1.165) is 5.57 Å². The van der Waals surface area contributed by atoms with Crippen molar-refractivity contribution in [2.75, 3.05) is 13.7 Å². The van der Waals surface area contributed by atoms with E-state index in [1.54, 1.807) is 27.2 Å². The van der Waals surface area contributed by atoms with E-state index in [4.69, 9.17) is 14.2 Å². The summed E-state index contributed by atoms with van der Waals surface area (Å²) >= 11 is 0. The predicted molar refractivity (Wildman–Crippen MR) is 56.3 cm³/mol. The summed E-state index contributed by atoms with van der Waals surface area (Å²) < 4.78 is 16.1. The Labute approximate surface area is 90.8 Å². The molecule has 0 aliphatic carbocycles. The molecule has 0 amide bonds. The monoisotopic (exact) mass is 216 g/mol. The molecule has 1 fully saturated rings. The molecule has 0 aromatic carbocycles. The molecule has 0 saturated carbocycles. The lowest BCUT2D eigenvalue weighted by molar-refractivity contribution is -0.278. The minimum atomic E-state index is -0.953. The molecule has 1 unspecified atom stereocenters. The highest BCUT2D eigenvalue weighted by Crippen LogP contribution is 2.31. The third-order valence-corrected chi connectivity index (χ3v) is 2.24. The molecule has 1 aliphatic heterocycles. The Balaban J connectivity index is 2.89. The SMILES string of the molecule is COC=C1COC(C)(C)OC1C(C)(C)O. The van der Waals surface area contributed by atoms with Crippen molar-refractivity contribution in [3.63, 3.8) is 0 Å². The third-order valence-electron chi connectivity index (χ3n) is 2.24. The van der Waals surface area contributed by atoms with Crippen molar-refractivity contribution in [3.05, 3.63) is 11.8 Å². The van der Waals surface area contributed by atoms with Gasteiger partial charge in [-0.2, -0.15) is 0 Å². The topological polar surface area (TPSA) is 47.9 Å². The van der Waals surface area contributed by atoms with E-state index in [1.807, 2.05) is 13.8 Å². The van der Waals surface area contributed by atoms with Crippen LogP contribution in [0.5, 0.6) is 0 Å². The van der Waals surface area contributed by atoms with Crippen molar-refractivity contribution in [2.24, 2.45) is 0 Å². The highest BCUT2D eigenvalue weighted by molar-refractivity contribution is 5.13. The molecule has 0 radical (unpaired) electrons. The fourth-order valence-corrected chi connectivity index (χ4v) is 1.57. The first-order valence-corrected chi connectivity index (χ1v) is 5.02. The van der Waals surface area contributed by atoms with Crippen LogP contribution in [0.2, 0.25) is 0 Å². The van der Waals surface area contributed by atoms with Crippen molar-refractivity contribution in [2.45, 2.75) is 45.2 Å². The van der Waals surface area contributed by atoms with Crippen molar-refractivity contribution in [1.29, 1.82) is 0 Å². The Hall–Kier alpha value is -0.580. The van der Waals surface area contributed by atoms with Gasteiger partial charge in [-0.25, -0.2) is 0 Å². The van der Waals surface area contributed by atoms with Crippen LogP contribution in [-0.2, 0) is 14.2 Å². The number of ether oxygens (including phenoxy) is 3. The summed E-state index contributed by atoms with van der Waals surface area (Å²) in [5.41, 5.74) is -0.143. The molecule has 4 nitrogen and oxygen atoms in total. The summed E-state index contributed by atoms with van der Waals surface area (Å²) in [5.74, 6) is -0.671. The fraction of sp³-hybridized carbons (Fsp3) is 0.818. The van der Waals surface area contributed by atoms with Crippen LogP contribution in [-0.4, -0.2) is 36.3 Å². The van der Waals surface area contributed by atoms with Crippen LogP contribution >= 0.6 is 0 Å². The van der Waals surface area contributed by atoms with Gasteiger partial charge in [0.25, 0.3) is 0 Å². The van der Waals surface area contributed by atoms with Crippen molar-refractivity contribution in [3.8, 4) is 0 Å². The number of aliphatic hydroxyl groups is 1. The van der Waals surface area contributed by atoms with Crippen molar-refractivity contribution < 1.29 is 19.3 Å². The Bertz CT molecular complexity index is 250. The second kappa shape index (κ2) is 4.12. The highest BCUT2D eigenvalue weighted by Gasteiger charge is 2.40. The maximum Gasteiger partial charge on any atom is 0.164 e. The maximum atomic E-state index is 9.99. The molecule has 0 bridgehead atoms. The van der Waals surface area contributed by atoms with E-state index in [-0.39, 0.29) is 0 Å². The van der Waals surface area contributed by atoms with Gasteiger partial charge in [0.05, 0.1) is 25.6 Å². The lowest BCUT2D eigenvalue weighted by Crippen LogP contribution is -2.50. The molecule has 1 rings (SSSR count). The molecule has 1 aliphatic rings. The van der Waals surface area contributed by atoms with Crippen molar-refractivity contribution >= 4 is 0 Å². The third kappa shape index (κ3) is 3.19. The van der Waals surface area contributed by atoms with Gasteiger partial charge in [-0.3, -0.25) is 0 Å². The van der Waals surface area contributed by atoms with Gasteiger partial charge in [-0.1, -0.05) is 0 Å². The van der Waals surface area contributed by atoms with Gasteiger partial charge in [-0.05, 0) is 27.7 Å². The van der Waals surface area contributed by atoms with E-state index in [1.165, 1.54) is 0 Å². The first kappa shape index (κ1) is 12.5. The Morgan fingerprint density at radius 2 is 2.13 bits per heavy atom. The largest absolute Gasteiger partial charge is 0.504 e. The quantitative estimate of drug-likeness (QED) is 0.709. The molecule has 88 valence electrons. The number of rotatable bonds is 2. The molecule has 1 saturated heterocycles. The molecule has 1 heterocycles. The second-order valence-electron chi connectivity index (χ2n) is 4.77. The van der Waals surface area contributed by atoms with E-state index < -0.39 is 17.5 Å². The molecule has 4 heteroatoms. The van der Waals surface area contributed by atoms with Crippen molar-refractivity contribution in [1.82, 2.24) is 0 Å². The molecular weight excluding hydrogens is 196 g/mol. The van der Waals surface area contributed by atoms with Gasteiger partial charge < -0.3 is 19.3 Å². The molecule has 0 aromatic heterocycles. The zero-order chi connectivity index (χ0) is 11.7. The van der Waals surface area contributed by atoms with E-state index in [9.17, 15) is 5.11 Å². The summed E-state index contributed by atoms with van der Waals surface area (Å²) in [6.07, 6.45) is 1.17. The van der Waals surface area contributed by atoms with Gasteiger partial charge in [0, 0.05) is 5.57 Å². The lowest BCUT2D eigenvalue weighted by Gasteiger charge is -2.42. The predicted octanol–water partition coefficient (Wildman–Crippen LogP) is 1.44. The average molecular weight is 216 g/mol. The van der Waals surface area contributed by atoms with Gasteiger partial charge in [0.1, 0.15) is 6.10 Å². The lowest BCUT2D eigenvalue weighted by atomic mass is 9.94. The normalized spacial score (nSPS) is 29.2. The van der Waals surface area contributed by atoms with Crippen LogP contribution < -0.4 is 0 Å². The Morgan fingerprint density at radius 1 is 1.53 bits per heavy atom. The zero-order valence-corrected chi connectivity index (χ0v) is 10.0. The van der Waals surface area contributed by atoms with Crippen LogP contribution in [0, 0.1) is 0 Å². The molecule has 0 spiro atoms. The molecule has 1 N–H and O–H groups in total. The minimum Gasteiger partial charge on any atom is -0.504 e. The first-order valence-electron chi connectivity index (χ1n) is 5.02. The Kier molecular flexibility index (Phi) is 3.43. The van der Waals surface area contributed by atoms with Crippen LogP contribution in [0.3, 0.4) is 0 Å². The number of hydrogen-bond acceptors (Lipinski definition) is 4. The Morgan fingerprint density at radius 3 is 2.60 bits per heavy atom. The summed E-state index contributed by atoms with van der Waals surface area (Å²) in [6, 6.07) is 0. The maximum absolute atomic E-state index is 9.99. The molecule has 1 atom stereocenters. The van der Waals surface area contributed by atoms with E-state index in [2.05, 4.69) is 0 Å². The summed E-state index contributed by atoms with van der Waals surface area (Å²) in [5, 5.41) is 9.99. The fourth-order valence-electron chi connectivity index (χ4n) is 1.57. The highest BCUT2D eigenvalue weighted by atomic mass is 16.7. The van der Waals surface area contributed by atoms with Crippen LogP contribution in [0.15, 0.2) is 11.8 Å². The summed E-state index contributed by atoms with van der Waals surface area (Å²) in [4.78, 5) is 0. The first-order chi connectivity index (χ1) is 6.76. The number of hydrogen-bond donors (Lipinski definition) is 1. The summed E-state index contributed by atoms with van der Waals surface area (Å²) in [7, 11) is 1.56. The summed E-state index contributed by atoms with van der Waals surface area (Å²) in [6.45, 7) is 7.49. The van der Waals surface area contributed by atoms with Gasteiger partial charge >= 0.3 is 0 Å². The zero-order valence-electron chi connectivity index (χ0n) is 10.0. The van der Waals surface area contributed by atoms with Crippen LogP contribution in [0.25, 0.3) is 0 Å². The van der Waals surface area contributed by atoms with Crippen LogP contribution in [0.1, 0.15) is 27.7 Å². The standard InChI is InChI=1S/C11H20O4/c1-10(2,12)9-8(6-13-5)7-14-11(3,4)15-9/h6,9,12H,7H2,1-5H3. The van der Waals surface area contributed by atoms with E-state index in [0.29, 0.717) is 6.61 Å². The smallest absolute Gasteiger partial charge is 0.164 e. The van der Waals surface area contributed by atoms with Gasteiger partial charge in [0.2, 0.25) is 0 Å². The number of methoxy groups -OCH3 is 1. The van der Waals surface area contributed by atoms with E-state index >= 15 is 0 Å². The van der Waals surface area contributed by atoms with Crippen LogP contribution in [0.4, 0.5) is 0 Å².